The van der Waals surface area contributed by atoms with Crippen molar-refractivity contribution in [2.75, 3.05) is 10.2 Å². The van der Waals surface area contributed by atoms with Crippen LogP contribution in [0.5, 0.6) is 0 Å². The number of alkyl halides is 3. The van der Waals surface area contributed by atoms with Crippen molar-refractivity contribution in [2.24, 2.45) is 0 Å². The van der Waals surface area contributed by atoms with Gasteiger partial charge in [-0.2, -0.15) is 13.2 Å². The number of rotatable bonds is 3. The number of carbonyl (C=O) groups excluding carboxylic acids is 1. The number of hydrogen-bond donors (Lipinski definition) is 1. The quantitative estimate of drug-likeness (QED) is 0.886. The molecule has 2 aliphatic rings. The monoisotopic (exact) mass is 376 g/mol. The van der Waals surface area contributed by atoms with Gasteiger partial charge in [0.25, 0.3) is 0 Å². The SMILES string of the molecule is CC1(C)C(=O)N(C2CC(Nc3ccc(C(F)(F)F)cn3)C2)c2ncccc21. The second kappa shape index (κ2) is 5.94. The Morgan fingerprint density at radius 2 is 1.93 bits per heavy atom. The highest BCUT2D eigenvalue weighted by atomic mass is 19.4. The van der Waals surface area contributed by atoms with E-state index in [2.05, 4.69) is 15.3 Å². The molecule has 5 nitrogen and oxygen atoms in total. The number of nitrogens with one attached hydrogen (secondary N) is 1. The van der Waals surface area contributed by atoms with Crippen LogP contribution in [0.2, 0.25) is 0 Å². The number of nitrogens with zero attached hydrogens (tertiary/aromatic N) is 3. The average molecular weight is 376 g/mol. The van der Waals surface area contributed by atoms with Crippen LogP contribution in [0.1, 0.15) is 37.8 Å². The van der Waals surface area contributed by atoms with Gasteiger partial charge in [0.15, 0.2) is 0 Å². The molecular formula is C19H19F3N4O. The summed E-state index contributed by atoms with van der Waals surface area (Å²) in [6.45, 7) is 3.80. The van der Waals surface area contributed by atoms with Gasteiger partial charge < -0.3 is 5.32 Å². The zero-order chi connectivity index (χ0) is 19.4. The third kappa shape index (κ3) is 2.93. The molecule has 3 heterocycles. The summed E-state index contributed by atoms with van der Waals surface area (Å²) < 4.78 is 37.8. The van der Waals surface area contributed by atoms with Crippen LogP contribution in [0.25, 0.3) is 0 Å². The number of halogens is 3. The van der Waals surface area contributed by atoms with E-state index in [0.29, 0.717) is 24.5 Å². The smallest absolute Gasteiger partial charge is 0.367 e. The Morgan fingerprint density at radius 1 is 1.19 bits per heavy atom. The van der Waals surface area contributed by atoms with E-state index in [0.717, 1.165) is 17.8 Å². The van der Waals surface area contributed by atoms with Crippen molar-refractivity contribution in [3.63, 3.8) is 0 Å². The highest BCUT2D eigenvalue weighted by Gasteiger charge is 2.50. The molecule has 0 radical (unpaired) electrons. The normalized spacial score (nSPS) is 23.7. The van der Waals surface area contributed by atoms with Crippen LogP contribution < -0.4 is 10.2 Å². The molecular weight excluding hydrogens is 357 g/mol. The molecule has 8 heteroatoms. The molecule has 0 bridgehead atoms. The number of hydrogen-bond acceptors (Lipinski definition) is 4. The van der Waals surface area contributed by atoms with E-state index in [1.54, 1.807) is 11.1 Å². The van der Waals surface area contributed by atoms with Crippen LogP contribution in [0.3, 0.4) is 0 Å². The van der Waals surface area contributed by atoms with Crippen LogP contribution in [-0.2, 0) is 16.4 Å². The maximum atomic E-state index is 12.9. The Morgan fingerprint density at radius 3 is 2.56 bits per heavy atom. The van der Waals surface area contributed by atoms with Gasteiger partial charge in [-0.15, -0.1) is 0 Å². The minimum atomic E-state index is -4.39. The standard InChI is InChI=1S/C19H19F3N4O/c1-18(2)14-4-3-7-23-16(14)26(17(18)27)13-8-12(9-13)25-15-6-5-11(10-24-15)19(20,21)22/h3-7,10,12-13H,8-9H2,1-2H3,(H,24,25). The van der Waals surface area contributed by atoms with Crippen LogP contribution in [0.15, 0.2) is 36.7 Å². The molecule has 1 saturated carbocycles. The summed E-state index contributed by atoms with van der Waals surface area (Å²) in [4.78, 5) is 22.9. The lowest BCUT2D eigenvalue weighted by Crippen LogP contribution is -2.53. The maximum absolute atomic E-state index is 12.9. The summed E-state index contributed by atoms with van der Waals surface area (Å²) in [6.07, 6.45) is -0.496. The molecule has 0 atom stereocenters. The van der Waals surface area contributed by atoms with Gasteiger partial charge in [0.05, 0.1) is 11.0 Å². The third-order valence-electron chi connectivity index (χ3n) is 5.36. The molecule has 1 aliphatic heterocycles. The summed E-state index contributed by atoms with van der Waals surface area (Å²) in [5.41, 5.74) is -0.445. The van der Waals surface area contributed by atoms with Crippen molar-refractivity contribution in [2.45, 2.75) is 50.4 Å². The van der Waals surface area contributed by atoms with E-state index in [4.69, 9.17) is 0 Å². The fourth-order valence-electron chi connectivity index (χ4n) is 3.70. The van der Waals surface area contributed by atoms with Crippen molar-refractivity contribution < 1.29 is 18.0 Å². The van der Waals surface area contributed by atoms with Gasteiger partial charge in [0.1, 0.15) is 11.6 Å². The average Bonchev–Trinajstić information content (AvgIpc) is 2.78. The third-order valence-corrected chi connectivity index (χ3v) is 5.36. The van der Waals surface area contributed by atoms with Crippen LogP contribution in [0, 0.1) is 0 Å². The van der Waals surface area contributed by atoms with Gasteiger partial charge >= 0.3 is 6.18 Å². The van der Waals surface area contributed by atoms with Crippen molar-refractivity contribution in [3.05, 3.63) is 47.8 Å². The van der Waals surface area contributed by atoms with Gasteiger partial charge in [-0.3, -0.25) is 9.69 Å². The molecule has 142 valence electrons. The molecule has 2 aromatic rings. The molecule has 4 rings (SSSR count). The lowest BCUT2D eigenvalue weighted by atomic mass is 9.84. The molecule has 0 aromatic carbocycles. The first kappa shape index (κ1) is 17.8. The van der Waals surface area contributed by atoms with E-state index in [1.807, 2.05) is 26.0 Å². The summed E-state index contributed by atoms with van der Waals surface area (Å²) >= 11 is 0. The van der Waals surface area contributed by atoms with Gasteiger partial charge in [-0.25, -0.2) is 9.97 Å². The zero-order valence-electron chi connectivity index (χ0n) is 14.9. The fraction of sp³-hybridized carbons (Fsp3) is 0.421. The summed E-state index contributed by atoms with van der Waals surface area (Å²) in [6, 6.07) is 6.19. The largest absolute Gasteiger partial charge is 0.417 e. The second-order valence-corrected chi connectivity index (χ2v) is 7.57. The van der Waals surface area contributed by atoms with Gasteiger partial charge in [-0.05, 0) is 44.9 Å². The van der Waals surface area contributed by atoms with Crippen molar-refractivity contribution >= 4 is 17.5 Å². The Kier molecular flexibility index (Phi) is 3.90. The maximum Gasteiger partial charge on any atom is 0.417 e. The number of fused-ring (bicyclic) bond motifs is 1. The summed E-state index contributed by atoms with van der Waals surface area (Å²) in [5, 5.41) is 3.13. The molecule has 1 fully saturated rings. The van der Waals surface area contributed by atoms with E-state index in [9.17, 15) is 18.0 Å². The second-order valence-electron chi connectivity index (χ2n) is 7.57. The Balaban J connectivity index is 1.42. The van der Waals surface area contributed by atoms with E-state index in [1.165, 1.54) is 6.07 Å². The van der Waals surface area contributed by atoms with Gasteiger partial charge in [0, 0.05) is 30.0 Å². The van der Waals surface area contributed by atoms with Crippen LogP contribution in [-0.4, -0.2) is 28.0 Å². The first-order valence-corrected chi connectivity index (χ1v) is 8.77. The Bertz CT molecular complexity index is 873. The zero-order valence-corrected chi connectivity index (χ0v) is 14.9. The van der Waals surface area contributed by atoms with E-state index >= 15 is 0 Å². The predicted octanol–water partition coefficient (Wildman–Crippen LogP) is 3.76. The van der Waals surface area contributed by atoms with Crippen molar-refractivity contribution in [1.29, 1.82) is 0 Å². The molecule has 1 amide bonds. The Hall–Kier alpha value is -2.64. The summed E-state index contributed by atoms with van der Waals surface area (Å²) in [5.74, 6) is 1.15. The molecule has 27 heavy (non-hydrogen) atoms. The van der Waals surface area contributed by atoms with E-state index in [-0.39, 0.29) is 18.0 Å². The first-order chi connectivity index (χ1) is 12.7. The minimum Gasteiger partial charge on any atom is -0.367 e. The number of pyridine rings is 2. The molecule has 0 unspecified atom stereocenters. The number of anilines is 2. The number of carbonyl (C=O) groups is 1. The lowest BCUT2D eigenvalue weighted by Gasteiger charge is -2.41. The molecule has 0 saturated heterocycles. The lowest BCUT2D eigenvalue weighted by molar-refractivity contribution is -0.137. The summed E-state index contributed by atoms with van der Waals surface area (Å²) in [7, 11) is 0. The van der Waals surface area contributed by atoms with Crippen LogP contribution in [0.4, 0.5) is 24.8 Å². The fourth-order valence-corrected chi connectivity index (χ4v) is 3.70. The molecule has 2 aromatic heterocycles. The van der Waals surface area contributed by atoms with Gasteiger partial charge in [-0.1, -0.05) is 6.07 Å². The Labute approximate surface area is 154 Å². The first-order valence-electron chi connectivity index (χ1n) is 8.77. The van der Waals surface area contributed by atoms with Crippen molar-refractivity contribution in [3.8, 4) is 0 Å². The molecule has 0 spiro atoms. The molecule has 1 aliphatic carbocycles. The highest BCUT2D eigenvalue weighted by Crippen LogP contribution is 2.44. The molecule has 1 N–H and O–H groups in total. The number of aromatic nitrogens is 2. The predicted molar refractivity (Wildman–Crippen MR) is 94.4 cm³/mol. The van der Waals surface area contributed by atoms with Crippen molar-refractivity contribution in [1.82, 2.24) is 9.97 Å². The van der Waals surface area contributed by atoms with Gasteiger partial charge in [0.2, 0.25) is 5.91 Å². The van der Waals surface area contributed by atoms with Crippen LogP contribution >= 0.6 is 0 Å². The highest BCUT2D eigenvalue weighted by molar-refractivity contribution is 6.07. The minimum absolute atomic E-state index is 0.0277. The number of amides is 1. The van der Waals surface area contributed by atoms with E-state index < -0.39 is 17.2 Å². The topological polar surface area (TPSA) is 58.1 Å².